The third kappa shape index (κ3) is 6.03. The molecule has 0 bridgehead atoms. The summed E-state index contributed by atoms with van der Waals surface area (Å²) in [4.78, 5) is 4.72. The second-order valence-electron chi connectivity index (χ2n) is 6.19. The molecule has 1 aromatic heterocycles. The lowest BCUT2D eigenvalue weighted by Crippen LogP contribution is -2.44. The van der Waals surface area contributed by atoms with Crippen molar-refractivity contribution < 1.29 is 13.5 Å². The Bertz CT molecular complexity index is 845. The average molecular weight is 411 g/mol. The van der Waals surface area contributed by atoms with E-state index >= 15 is 0 Å². The molecule has 7 nitrogen and oxygen atoms in total. The van der Waals surface area contributed by atoms with E-state index in [0.717, 1.165) is 11.1 Å². The van der Waals surface area contributed by atoms with Crippen molar-refractivity contribution in [3.8, 4) is 0 Å². The minimum Gasteiger partial charge on any atom is -0.384 e. The van der Waals surface area contributed by atoms with Gasteiger partial charge in [0.25, 0.3) is 0 Å². The Hall–Kier alpha value is -1.94. The highest BCUT2D eigenvalue weighted by Gasteiger charge is 2.23. The molecule has 148 valence electrons. The Labute approximate surface area is 164 Å². The molecule has 0 spiro atoms. The van der Waals surface area contributed by atoms with Gasteiger partial charge in [0.1, 0.15) is 5.60 Å². The predicted octanol–water partition coefficient (Wildman–Crippen LogP) is 1.62. The number of benzene rings is 1. The molecule has 0 aliphatic heterocycles. The molecule has 9 heteroatoms. The zero-order valence-electron chi connectivity index (χ0n) is 15.7. The smallest absolute Gasteiger partial charge is 0.240 e. The summed E-state index contributed by atoms with van der Waals surface area (Å²) in [5.41, 5.74) is 0.739. The highest BCUT2D eigenvalue weighted by Crippen LogP contribution is 2.22. The van der Waals surface area contributed by atoms with Gasteiger partial charge in [-0.05, 0) is 61.0 Å². The Morgan fingerprint density at radius 1 is 1.22 bits per heavy atom. The number of sulfonamides is 1. The minimum atomic E-state index is -3.44. The predicted molar refractivity (Wildman–Crippen MR) is 109 cm³/mol. The number of nitrogens with one attached hydrogen (secondary N) is 3. The average Bonchev–Trinajstić information content (AvgIpc) is 3.20. The number of guanidine groups is 1. The number of aliphatic hydroxyl groups is 1. The van der Waals surface area contributed by atoms with Gasteiger partial charge >= 0.3 is 0 Å². The summed E-state index contributed by atoms with van der Waals surface area (Å²) in [7, 11) is -2.06. The van der Waals surface area contributed by atoms with Crippen LogP contribution in [0, 0.1) is 0 Å². The SMILES string of the molecule is CCNC(=NCc1ccc(S(=O)(=O)NC)cc1)NCC(C)(O)c1ccsc1. The van der Waals surface area contributed by atoms with Crippen LogP contribution in [0.1, 0.15) is 25.0 Å². The van der Waals surface area contributed by atoms with E-state index in [2.05, 4.69) is 20.3 Å². The first-order valence-electron chi connectivity index (χ1n) is 8.58. The first-order chi connectivity index (χ1) is 12.8. The molecule has 2 aromatic rings. The van der Waals surface area contributed by atoms with E-state index in [-0.39, 0.29) is 4.90 Å². The van der Waals surface area contributed by atoms with Gasteiger partial charge in [0, 0.05) is 6.54 Å². The molecule has 4 N–H and O–H groups in total. The van der Waals surface area contributed by atoms with Crippen LogP contribution in [-0.2, 0) is 22.2 Å². The van der Waals surface area contributed by atoms with Gasteiger partial charge in [-0.15, -0.1) is 0 Å². The lowest BCUT2D eigenvalue weighted by molar-refractivity contribution is 0.0621. The van der Waals surface area contributed by atoms with Crippen LogP contribution in [0.5, 0.6) is 0 Å². The van der Waals surface area contributed by atoms with Gasteiger partial charge in [0.05, 0.1) is 18.0 Å². The van der Waals surface area contributed by atoms with Crippen LogP contribution in [0.15, 0.2) is 51.0 Å². The molecule has 0 saturated carbocycles. The summed E-state index contributed by atoms with van der Waals surface area (Å²) in [6, 6.07) is 8.48. The highest BCUT2D eigenvalue weighted by molar-refractivity contribution is 7.89. The van der Waals surface area contributed by atoms with Crippen molar-refractivity contribution in [1.29, 1.82) is 0 Å². The van der Waals surface area contributed by atoms with Crippen LogP contribution in [0.3, 0.4) is 0 Å². The normalized spacial score (nSPS) is 14.6. The number of thiophene rings is 1. The third-order valence-corrected chi connectivity index (χ3v) is 6.12. The highest BCUT2D eigenvalue weighted by atomic mass is 32.2. The molecule has 2 rings (SSSR count). The van der Waals surface area contributed by atoms with Crippen LogP contribution in [0.25, 0.3) is 0 Å². The lowest BCUT2D eigenvalue weighted by Gasteiger charge is -2.24. The number of aliphatic imine (C=N–C) groups is 1. The first kappa shape index (κ1) is 21.4. The molecule has 1 unspecified atom stereocenters. The summed E-state index contributed by atoms with van der Waals surface area (Å²) in [6.45, 7) is 5.11. The maximum atomic E-state index is 11.8. The standard InChI is InChI=1S/C18H26N4O3S2/c1-4-20-17(22-13-18(2,23)15-9-10-26-12-15)21-11-14-5-7-16(8-6-14)27(24,25)19-3/h5-10,12,19,23H,4,11,13H2,1-3H3,(H2,20,21,22). The Morgan fingerprint density at radius 2 is 1.93 bits per heavy atom. The quantitative estimate of drug-likeness (QED) is 0.391. The summed E-state index contributed by atoms with van der Waals surface area (Å²) in [5.74, 6) is 0.583. The van der Waals surface area contributed by atoms with Crippen molar-refractivity contribution in [2.75, 3.05) is 20.1 Å². The van der Waals surface area contributed by atoms with Crippen molar-refractivity contribution in [3.05, 3.63) is 52.2 Å². The number of rotatable bonds is 8. The molecule has 27 heavy (non-hydrogen) atoms. The fourth-order valence-electron chi connectivity index (χ4n) is 2.33. The molecule has 1 atom stereocenters. The van der Waals surface area contributed by atoms with Crippen molar-refractivity contribution in [2.24, 2.45) is 4.99 Å². The topological polar surface area (TPSA) is 103 Å². The zero-order chi connectivity index (χ0) is 19.9. The fraction of sp³-hybridized carbons (Fsp3) is 0.389. The maximum Gasteiger partial charge on any atom is 0.240 e. The van der Waals surface area contributed by atoms with Gasteiger partial charge in [-0.3, -0.25) is 0 Å². The minimum absolute atomic E-state index is 0.217. The van der Waals surface area contributed by atoms with E-state index < -0.39 is 15.6 Å². The molecule has 1 heterocycles. The van der Waals surface area contributed by atoms with E-state index in [4.69, 9.17) is 0 Å². The van der Waals surface area contributed by atoms with Crippen LogP contribution >= 0.6 is 11.3 Å². The maximum absolute atomic E-state index is 11.8. The lowest BCUT2D eigenvalue weighted by atomic mass is 9.99. The van der Waals surface area contributed by atoms with Crippen molar-refractivity contribution >= 4 is 27.3 Å². The molecule has 0 fully saturated rings. The summed E-state index contributed by atoms with van der Waals surface area (Å²) < 4.78 is 25.8. The number of nitrogens with zero attached hydrogens (tertiary/aromatic N) is 1. The van der Waals surface area contributed by atoms with E-state index in [1.54, 1.807) is 42.5 Å². The van der Waals surface area contributed by atoms with Crippen molar-refractivity contribution in [1.82, 2.24) is 15.4 Å². The van der Waals surface area contributed by atoms with E-state index in [0.29, 0.717) is 25.6 Å². The van der Waals surface area contributed by atoms with Gasteiger partial charge < -0.3 is 15.7 Å². The second-order valence-corrected chi connectivity index (χ2v) is 8.85. The Morgan fingerprint density at radius 3 is 2.48 bits per heavy atom. The van der Waals surface area contributed by atoms with Crippen LogP contribution in [-0.4, -0.2) is 39.6 Å². The zero-order valence-corrected chi connectivity index (χ0v) is 17.3. The van der Waals surface area contributed by atoms with E-state index in [1.165, 1.54) is 7.05 Å². The Balaban J connectivity index is 2.03. The Kier molecular flexibility index (Phi) is 7.37. The molecular formula is C18H26N4O3S2. The van der Waals surface area contributed by atoms with Crippen LogP contribution < -0.4 is 15.4 Å². The molecule has 0 aliphatic rings. The molecule has 0 amide bonds. The molecule has 1 aromatic carbocycles. The van der Waals surface area contributed by atoms with Crippen molar-refractivity contribution in [2.45, 2.75) is 30.9 Å². The molecule has 0 aliphatic carbocycles. The number of hydrogen-bond donors (Lipinski definition) is 4. The second kappa shape index (κ2) is 9.32. The summed E-state index contributed by atoms with van der Waals surface area (Å²) in [6.07, 6.45) is 0. The molecular weight excluding hydrogens is 384 g/mol. The number of hydrogen-bond acceptors (Lipinski definition) is 5. The summed E-state index contributed by atoms with van der Waals surface area (Å²) >= 11 is 1.54. The largest absolute Gasteiger partial charge is 0.384 e. The van der Waals surface area contributed by atoms with Crippen LogP contribution in [0.2, 0.25) is 0 Å². The van der Waals surface area contributed by atoms with Gasteiger partial charge in [-0.25, -0.2) is 18.1 Å². The molecule has 0 radical (unpaired) electrons. The van der Waals surface area contributed by atoms with E-state index in [1.807, 2.05) is 23.8 Å². The van der Waals surface area contributed by atoms with E-state index in [9.17, 15) is 13.5 Å². The van der Waals surface area contributed by atoms with Crippen LogP contribution in [0.4, 0.5) is 0 Å². The first-order valence-corrected chi connectivity index (χ1v) is 11.0. The fourth-order valence-corrected chi connectivity index (χ4v) is 3.85. The van der Waals surface area contributed by atoms with Gasteiger partial charge in [0.2, 0.25) is 10.0 Å². The molecule has 0 saturated heterocycles. The monoisotopic (exact) mass is 410 g/mol. The summed E-state index contributed by atoms with van der Waals surface area (Å²) in [5, 5.41) is 20.8. The van der Waals surface area contributed by atoms with Gasteiger partial charge in [-0.2, -0.15) is 11.3 Å². The van der Waals surface area contributed by atoms with Gasteiger partial charge in [-0.1, -0.05) is 12.1 Å². The third-order valence-electron chi connectivity index (χ3n) is 4.01. The van der Waals surface area contributed by atoms with Gasteiger partial charge in [0.15, 0.2) is 5.96 Å². The van der Waals surface area contributed by atoms with Crippen molar-refractivity contribution in [3.63, 3.8) is 0 Å².